The Kier molecular flexibility index (Phi) is 6.15. The second-order valence-electron chi connectivity index (χ2n) is 8.34. The molecule has 0 spiro atoms. The van der Waals surface area contributed by atoms with E-state index >= 15 is 0 Å². The third-order valence-corrected chi connectivity index (χ3v) is 6.41. The maximum atomic E-state index is 4.33. The topological polar surface area (TPSA) is 32.3 Å². The summed E-state index contributed by atoms with van der Waals surface area (Å²) in [4.78, 5) is 13.9. The number of aryl methyl sites for hydroxylation is 1. The first-order chi connectivity index (χ1) is 13.3. The molecule has 27 heavy (non-hydrogen) atoms. The molecule has 144 valence electrons. The third kappa shape index (κ3) is 5.14. The standard InChI is InChI=1S/C23H32N4/c1-19-24-15-21(16-25-19)17-27-14-10-23(18-27)22-8-12-26(13-9-22)11-7-20-5-3-2-4-6-20/h2-6,15-16,22-23H,7-14,17-18H2,1H3/t23-/m1/s1. The summed E-state index contributed by atoms with van der Waals surface area (Å²) in [6.45, 7) is 9.20. The van der Waals surface area contributed by atoms with E-state index in [1.165, 1.54) is 69.5 Å². The molecule has 2 saturated heterocycles. The normalized spacial score (nSPS) is 22.3. The Morgan fingerprint density at radius 1 is 0.852 bits per heavy atom. The van der Waals surface area contributed by atoms with Gasteiger partial charge in [-0.25, -0.2) is 9.97 Å². The first-order valence-corrected chi connectivity index (χ1v) is 10.5. The molecule has 2 aromatic rings. The molecule has 4 nitrogen and oxygen atoms in total. The van der Waals surface area contributed by atoms with Gasteiger partial charge in [-0.1, -0.05) is 30.3 Å². The number of likely N-dealkylation sites (tertiary alicyclic amines) is 2. The molecule has 0 saturated carbocycles. The number of nitrogens with zero attached hydrogens (tertiary/aromatic N) is 4. The Labute approximate surface area is 163 Å². The zero-order valence-corrected chi connectivity index (χ0v) is 16.6. The van der Waals surface area contributed by atoms with Gasteiger partial charge in [-0.2, -0.15) is 0 Å². The van der Waals surface area contributed by atoms with E-state index in [0.717, 1.165) is 24.2 Å². The summed E-state index contributed by atoms with van der Waals surface area (Å²) in [5, 5.41) is 0. The molecule has 2 aliphatic rings. The highest BCUT2D eigenvalue weighted by molar-refractivity contribution is 5.14. The van der Waals surface area contributed by atoms with E-state index < -0.39 is 0 Å². The zero-order chi connectivity index (χ0) is 18.5. The van der Waals surface area contributed by atoms with Crippen LogP contribution in [-0.4, -0.2) is 52.5 Å². The Morgan fingerprint density at radius 3 is 2.26 bits per heavy atom. The molecule has 0 unspecified atom stereocenters. The Hall–Kier alpha value is -1.78. The van der Waals surface area contributed by atoms with Crippen LogP contribution in [0.15, 0.2) is 42.7 Å². The molecule has 0 N–H and O–H groups in total. The lowest BCUT2D eigenvalue weighted by atomic mass is 9.83. The van der Waals surface area contributed by atoms with Crippen LogP contribution >= 0.6 is 0 Å². The minimum Gasteiger partial charge on any atom is -0.303 e. The summed E-state index contributed by atoms with van der Waals surface area (Å²) < 4.78 is 0. The fourth-order valence-corrected chi connectivity index (χ4v) is 4.73. The molecular weight excluding hydrogens is 332 g/mol. The smallest absolute Gasteiger partial charge is 0.125 e. The van der Waals surface area contributed by atoms with Crippen molar-refractivity contribution in [2.75, 3.05) is 32.7 Å². The van der Waals surface area contributed by atoms with Gasteiger partial charge in [0.2, 0.25) is 0 Å². The zero-order valence-electron chi connectivity index (χ0n) is 16.6. The molecule has 0 aliphatic carbocycles. The van der Waals surface area contributed by atoms with E-state index in [-0.39, 0.29) is 0 Å². The molecule has 0 amide bonds. The summed E-state index contributed by atoms with van der Waals surface area (Å²) in [5.41, 5.74) is 2.71. The number of aromatic nitrogens is 2. The van der Waals surface area contributed by atoms with Crippen LogP contribution in [0.1, 0.15) is 36.2 Å². The minimum atomic E-state index is 0.858. The van der Waals surface area contributed by atoms with Crippen LogP contribution in [0.3, 0.4) is 0 Å². The van der Waals surface area contributed by atoms with Crippen LogP contribution in [0.4, 0.5) is 0 Å². The lowest BCUT2D eigenvalue weighted by molar-refractivity contribution is 0.147. The minimum absolute atomic E-state index is 0.858. The van der Waals surface area contributed by atoms with Gasteiger partial charge in [0.15, 0.2) is 0 Å². The van der Waals surface area contributed by atoms with E-state index in [1.54, 1.807) is 0 Å². The van der Waals surface area contributed by atoms with Crippen molar-refractivity contribution in [2.24, 2.45) is 11.8 Å². The largest absolute Gasteiger partial charge is 0.303 e. The summed E-state index contributed by atoms with van der Waals surface area (Å²) in [6, 6.07) is 10.9. The second-order valence-corrected chi connectivity index (χ2v) is 8.34. The predicted molar refractivity (Wildman–Crippen MR) is 109 cm³/mol. The van der Waals surface area contributed by atoms with E-state index in [2.05, 4.69) is 50.1 Å². The fourth-order valence-electron chi connectivity index (χ4n) is 4.73. The number of hydrogen-bond acceptors (Lipinski definition) is 4. The molecule has 4 heteroatoms. The van der Waals surface area contributed by atoms with Crippen LogP contribution in [-0.2, 0) is 13.0 Å². The molecule has 4 rings (SSSR count). The van der Waals surface area contributed by atoms with Gasteiger partial charge in [0.25, 0.3) is 0 Å². The van der Waals surface area contributed by atoms with Gasteiger partial charge in [-0.05, 0) is 69.6 Å². The Morgan fingerprint density at radius 2 is 1.52 bits per heavy atom. The third-order valence-electron chi connectivity index (χ3n) is 6.41. The van der Waals surface area contributed by atoms with E-state index in [0.29, 0.717) is 0 Å². The first-order valence-electron chi connectivity index (χ1n) is 10.5. The molecule has 0 radical (unpaired) electrons. The number of hydrogen-bond donors (Lipinski definition) is 0. The summed E-state index contributed by atoms with van der Waals surface area (Å²) in [5.74, 6) is 2.65. The monoisotopic (exact) mass is 364 g/mol. The second kappa shape index (κ2) is 8.94. The maximum absolute atomic E-state index is 4.33. The van der Waals surface area contributed by atoms with Gasteiger partial charge in [0.1, 0.15) is 5.82 Å². The van der Waals surface area contributed by atoms with Gasteiger partial charge < -0.3 is 4.90 Å². The molecule has 3 heterocycles. The number of piperidine rings is 1. The van der Waals surface area contributed by atoms with Crippen molar-refractivity contribution >= 4 is 0 Å². The van der Waals surface area contributed by atoms with E-state index in [9.17, 15) is 0 Å². The SMILES string of the molecule is Cc1ncc(CN2CC[C@@H](C3CCN(CCc4ccccc4)CC3)C2)cn1. The van der Waals surface area contributed by atoms with Crippen molar-refractivity contribution in [3.05, 3.63) is 59.7 Å². The van der Waals surface area contributed by atoms with Crippen LogP contribution in [0.2, 0.25) is 0 Å². The van der Waals surface area contributed by atoms with E-state index in [1.807, 2.05) is 19.3 Å². The molecule has 1 aromatic heterocycles. The van der Waals surface area contributed by atoms with Gasteiger partial charge in [0.05, 0.1) is 0 Å². The highest BCUT2D eigenvalue weighted by Crippen LogP contribution is 2.32. The summed E-state index contributed by atoms with van der Waals surface area (Å²) >= 11 is 0. The molecule has 1 atom stereocenters. The summed E-state index contributed by atoms with van der Waals surface area (Å²) in [6.07, 6.45) is 9.27. The summed E-state index contributed by atoms with van der Waals surface area (Å²) in [7, 11) is 0. The maximum Gasteiger partial charge on any atom is 0.125 e. The van der Waals surface area contributed by atoms with E-state index in [4.69, 9.17) is 0 Å². The van der Waals surface area contributed by atoms with Crippen LogP contribution in [0.5, 0.6) is 0 Å². The number of benzene rings is 1. The molecule has 0 bridgehead atoms. The number of rotatable bonds is 6. The lowest BCUT2D eigenvalue weighted by Crippen LogP contribution is -2.37. The van der Waals surface area contributed by atoms with Gasteiger partial charge in [-0.15, -0.1) is 0 Å². The van der Waals surface area contributed by atoms with Gasteiger partial charge in [0, 0.05) is 37.6 Å². The quantitative estimate of drug-likeness (QED) is 0.784. The Balaban J connectivity index is 1.19. The first kappa shape index (κ1) is 18.6. The predicted octanol–water partition coefficient (Wildman–Crippen LogP) is 3.56. The van der Waals surface area contributed by atoms with Crippen molar-refractivity contribution in [3.8, 4) is 0 Å². The van der Waals surface area contributed by atoms with Crippen LogP contribution < -0.4 is 0 Å². The average molecular weight is 365 g/mol. The highest BCUT2D eigenvalue weighted by atomic mass is 15.2. The van der Waals surface area contributed by atoms with Crippen LogP contribution in [0.25, 0.3) is 0 Å². The van der Waals surface area contributed by atoms with Crippen molar-refractivity contribution in [3.63, 3.8) is 0 Å². The fraction of sp³-hybridized carbons (Fsp3) is 0.565. The van der Waals surface area contributed by atoms with Crippen LogP contribution in [0, 0.1) is 18.8 Å². The Bertz CT molecular complexity index is 692. The highest BCUT2D eigenvalue weighted by Gasteiger charge is 2.31. The molecule has 2 aliphatic heterocycles. The molecule has 1 aromatic carbocycles. The van der Waals surface area contributed by atoms with Crippen molar-refractivity contribution in [1.82, 2.24) is 19.8 Å². The van der Waals surface area contributed by atoms with Crippen molar-refractivity contribution in [1.29, 1.82) is 0 Å². The molecular formula is C23H32N4. The van der Waals surface area contributed by atoms with Gasteiger partial charge >= 0.3 is 0 Å². The van der Waals surface area contributed by atoms with Crippen molar-refractivity contribution < 1.29 is 0 Å². The average Bonchev–Trinajstić information content (AvgIpc) is 3.18. The van der Waals surface area contributed by atoms with Crippen molar-refractivity contribution in [2.45, 2.75) is 39.2 Å². The molecule has 2 fully saturated rings. The lowest BCUT2D eigenvalue weighted by Gasteiger charge is -2.35. The van der Waals surface area contributed by atoms with Gasteiger partial charge in [-0.3, -0.25) is 4.90 Å².